The van der Waals surface area contributed by atoms with Gasteiger partial charge in [-0.05, 0) is 36.6 Å². The van der Waals surface area contributed by atoms with E-state index in [2.05, 4.69) is 9.88 Å². The lowest BCUT2D eigenvalue weighted by molar-refractivity contribution is -0.124. The number of anilines is 1. The first-order valence-electron chi connectivity index (χ1n) is 6.62. The lowest BCUT2D eigenvalue weighted by Gasteiger charge is -2.40. The number of benzene rings is 1. The van der Waals surface area contributed by atoms with E-state index in [0.717, 1.165) is 29.6 Å². The maximum absolute atomic E-state index is 11.1. The average Bonchev–Trinajstić information content (AvgIpc) is 2.63. The quantitative estimate of drug-likeness (QED) is 0.940. The summed E-state index contributed by atoms with van der Waals surface area (Å²) < 4.78 is 1.86. The molecule has 20 heavy (non-hydrogen) atoms. The summed E-state index contributed by atoms with van der Waals surface area (Å²) in [7, 11) is 3.92. The van der Waals surface area contributed by atoms with E-state index in [4.69, 9.17) is 17.3 Å². The maximum atomic E-state index is 11.1. The standard InChI is InChI=1S/C14H17ClN4O/c1-18(9-6-8(7-9)13(16)20)10-4-3-5-11-12(10)17-14(15)19(11)2/h3-5,8-9H,6-7H2,1-2H3,(H2,16,20). The van der Waals surface area contributed by atoms with Gasteiger partial charge in [0.1, 0.15) is 5.52 Å². The molecule has 1 fully saturated rings. The van der Waals surface area contributed by atoms with Crippen molar-refractivity contribution < 1.29 is 4.79 Å². The number of primary amides is 1. The molecule has 1 aromatic carbocycles. The Bertz CT molecular complexity index is 675. The van der Waals surface area contributed by atoms with Crippen LogP contribution in [0.5, 0.6) is 0 Å². The van der Waals surface area contributed by atoms with Gasteiger partial charge in [-0.1, -0.05) is 6.07 Å². The van der Waals surface area contributed by atoms with Crippen LogP contribution in [0.15, 0.2) is 18.2 Å². The molecule has 106 valence electrons. The van der Waals surface area contributed by atoms with Crippen LogP contribution in [0.4, 0.5) is 5.69 Å². The van der Waals surface area contributed by atoms with E-state index in [1.165, 1.54) is 0 Å². The first-order chi connectivity index (χ1) is 9.49. The number of nitrogens with zero attached hydrogens (tertiary/aromatic N) is 3. The minimum Gasteiger partial charge on any atom is -0.370 e. The number of hydrogen-bond donors (Lipinski definition) is 1. The number of nitrogens with two attached hydrogens (primary N) is 1. The number of rotatable bonds is 3. The van der Waals surface area contributed by atoms with Gasteiger partial charge in [0.25, 0.3) is 0 Å². The lowest BCUT2D eigenvalue weighted by atomic mass is 9.79. The van der Waals surface area contributed by atoms with Crippen molar-refractivity contribution in [2.24, 2.45) is 18.7 Å². The summed E-state index contributed by atoms with van der Waals surface area (Å²) in [4.78, 5) is 17.7. The molecule has 5 nitrogen and oxygen atoms in total. The molecule has 0 unspecified atom stereocenters. The molecule has 1 aliphatic rings. The number of carbonyl (C=O) groups is 1. The van der Waals surface area contributed by atoms with Gasteiger partial charge >= 0.3 is 0 Å². The Hall–Kier alpha value is -1.75. The third-order valence-electron chi connectivity index (χ3n) is 4.28. The number of hydrogen-bond acceptors (Lipinski definition) is 3. The summed E-state index contributed by atoms with van der Waals surface area (Å²) in [6.07, 6.45) is 1.62. The van der Waals surface area contributed by atoms with E-state index >= 15 is 0 Å². The molecule has 2 N–H and O–H groups in total. The number of fused-ring (bicyclic) bond motifs is 1. The van der Waals surface area contributed by atoms with Crippen molar-refractivity contribution in [1.29, 1.82) is 0 Å². The molecular weight excluding hydrogens is 276 g/mol. The third kappa shape index (κ3) is 1.93. The Morgan fingerprint density at radius 3 is 2.85 bits per heavy atom. The molecule has 3 rings (SSSR count). The lowest BCUT2D eigenvalue weighted by Crippen LogP contribution is -2.47. The third-order valence-corrected chi connectivity index (χ3v) is 4.62. The molecular formula is C14H17ClN4O. The zero-order chi connectivity index (χ0) is 14.4. The van der Waals surface area contributed by atoms with E-state index in [1.807, 2.05) is 36.9 Å². The van der Waals surface area contributed by atoms with Crippen LogP contribution in [0.25, 0.3) is 11.0 Å². The van der Waals surface area contributed by atoms with Crippen molar-refractivity contribution in [3.05, 3.63) is 23.5 Å². The second-order valence-corrected chi connectivity index (χ2v) is 5.76. The van der Waals surface area contributed by atoms with Gasteiger partial charge < -0.3 is 15.2 Å². The zero-order valence-corrected chi connectivity index (χ0v) is 12.3. The number of aromatic nitrogens is 2. The molecule has 0 aliphatic heterocycles. The normalized spacial score (nSPS) is 21.8. The summed E-state index contributed by atoms with van der Waals surface area (Å²) in [5.74, 6) is -0.192. The maximum Gasteiger partial charge on any atom is 0.220 e. The SMILES string of the molecule is CN(c1cccc2c1nc(Cl)n2C)C1CC(C(N)=O)C1. The number of para-hydroxylation sites is 1. The van der Waals surface area contributed by atoms with Crippen LogP contribution in [0.2, 0.25) is 5.28 Å². The van der Waals surface area contributed by atoms with Crippen LogP contribution in [-0.2, 0) is 11.8 Å². The summed E-state index contributed by atoms with van der Waals surface area (Å²) in [6, 6.07) is 6.36. The Kier molecular flexibility index (Phi) is 3.09. The molecule has 1 saturated carbocycles. The van der Waals surface area contributed by atoms with E-state index < -0.39 is 0 Å². The van der Waals surface area contributed by atoms with Crippen LogP contribution in [0.3, 0.4) is 0 Å². The highest BCUT2D eigenvalue weighted by molar-refractivity contribution is 6.29. The number of carbonyl (C=O) groups excluding carboxylic acids is 1. The topological polar surface area (TPSA) is 64.2 Å². The van der Waals surface area contributed by atoms with Gasteiger partial charge in [-0.2, -0.15) is 0 Å². The van der Waals surface area contributed by atoms with Gasteiger partial charge in [0.05, 0.1) is 11.2 Å². The van der Waals surface area contributed by atoms with Crippen LogP contribution >= 0.6 is 11.6 Å². The van der Waals surface area contributed by atoms with E-state index in [9.17, 15) is 4.79 Å². The monoisotopic (exact) mass is 292 g/mol. The van der Waals surface area contributed by atoms with Crippen molar-refractivity contribution >= 4 is 34.2 Å². The average molecular weight is 293 g/mol. The van der Waals surface area contributed by atoms with Crippen molar-refractivity contribution in [3.8, 4) is 0 Å². The number of aryl methyl sites for hydroxylation is 1. The Morgan fingerprint density at radius 1 is 1.50 bits per heavy atom. The summed E-state index contributed by atoms with van der Waals surface area (Å²) >= 11 is 6.09. The van der Waals surface area contributed by atoms with Crippen LogP contribution in [0.1, 0.15) is 12.8 Å². The predicted octanol–water partition coefficient (Wildman–Crippen LogP) is 1.93. The molecule has 0 bridgehead atoms. The molecule has 1 aliphatic carbocycles. The minimum absolute atomic E-state index is 0.00831. The number of imidazole rings is 1. The predicted molar refractivity (Wildman–Crippen MR) is 79.8 cm³/mol. The second-order valence-electron chi connectivity index (χ2n) is 5.42. The molecule has 0 radical (unpaired) electrons. The second kappa shape index (κ2) is 4.66. The largest absolute Gasteiger partial charge is 0.370 e. The molecule has 1 amide bonds. The van der Waals surface area contributed by atoms with Gasteiger partial charge in [-0.3, -0.25) is 4.79 Å². The van der Waals surface area contributed by atoms with E-state index in [1.54, 1.807) is 0 Å². The fourth-order valence-corrected chi connectivity index (χ4v) is 2.96. The summed E-state index contributed by atoms with van der Waals surface area (Å²) in [5, 5.41) is 0.476. The number of amides is 1. The van der Waals surface area contributed by atoms with Crippen LogP contribution < -0.4 is 10.6 Å². The van der Waals surface area contributed by atoms with Gasteiger partial charge in [-0.25, -0.2) is 4.98 Å². The van der Waals surface area contributed by atoms with Crippen LogP contribution in [-0.4, -0.2) is 28.5 Å². The van der Waals surface area contributed by atoms with Crippen molar-refractivity contribution in [3.63, 3.8) is 0 Å². The van der Waals surface area contributed by atoms with Crippen molar-refractivity contribution in [2.45, 2.75) is 18.9 Å². The minimum atomic E-state index is -0.200. The summed E-state index contributed by atoms with van der Waals surface area (Å²) in [5.41, 5.74) is 8.26. The molecule has 0 saturated heterocycles. The highest BCUT2D eigenvalue weighted by Gasteiger charge is 2.36. The van der Waals surface area contributed by atoms with Crippen LogP contribution in [0, 0.1) is 5.92 Å². The fourth-order valence-electron chi connectivity index (χ4n) is 2.79. The highest BCUT2D eigenvalue weighted by Crippen LogP contribution is 2.36. The zero-order valence-electron chi connectivity index (χ0n) is 11.5. The summed E-state index contributed by atoms with van der Waals surface area (Å²) in [6.45, 7) is 0. The van der Waals surface area contributed by atoms with E-state index in [0.29, 0.717) is 11.3 Å². The Morgan fingerprint density at radius 2 is 2.20 bits per heavy atom. The Balaban J connectivity index is 1.91. The van der Waals surface area contributed by atoms with Gasteiger partial charge in [0.15, 0.2) is 0 Å². The first-order valence-corrected chi connectivity index (χ1v) is 7.00. The molecule has 0 atom stereocenters. The molecule has 1 aromatic heterocycles. The van der Waals surface area contributed by atoms with Crippen molar-refractivity contribution in [1.82, 2.24) is 9.55 Å². The van der Waals surface area contributed by atoms with E-state index in [-0.39, 0.29) is 11.8 Å². The molecule has 6 heteroatoms. The molecule has 0 spiro atoms. The van der Waals surface area contributed by atoms with Gasteiger partial charge in [0, 0.05) is 26.1 Å². The number of halogens is 1. The Labute approximate surface area is 122 Å². The fraction of sp³-hybridized carbons (Fsp3) is 0.429. The highest BCUT2D eigenvalue weighted by atomic mass is 35.5. The molecule has 2 aromatic rings. The first kappa shape index (κ1) is 13.2. The van der Waals surface area contributed by atoms with Gasteiger partial charge in [-0.15, -0.1) is 0 Å². The van der Waals surface area contributed by atoms with Gasteiger partial charge in [0.2, 0.25) is 11.2 Å². The molecule has 1 heterocycles. The van der Waals surface area contributed by atoms with Crippen molar-refractivity contribution in [2.75, 3.05) is 11.9 Å². The smallest absolute Gasteiger partial charge is 0.220 e.